The third-order valence-electron chi connectivity index (χ3n) is 3.33. The van der Waals surface area contributed by atoms with E-state index < -0.39 is 6.04 Å². The molecule has 0 aromatic heterocycles. The molecule has 0 spiro atoms. The monoisotopic (exact) mass is 293 g/mol. The van der Waals surface area contributed by atoms with E-state index in [4.69, 9.17) is 19.9 Å². The van der Waals surface area contributed by atoms with Gasteiger partial charge in [-0.3, -0.25) is 0 Å². The normalized spacial score (nSPS) is 17.9. The van der Waals surface area contributed by atoms with E-state index in [1.807, 2.05) is 12.1 Å². The molecule has 1 aliphatic heterocycles. The Hall–Kier alpha value is -2.28. The standard InChI is InChI=1S/C14H19N3O4/c1-19-8-7-17-11(13(15)16-14(17)18)9-5-4-6-10(20-2)12(9)21-3/h4-6,11H,7-8H2,1-3H3,(H2,15,16,18). The summed E-state index contributed by atoms with van der Waals surface area (Å²) in [7, 11) is 4.68. The van der Waals surface area contributed by atoms with Crippen LogP contribution < -0.4 is 15.2 Å². The van der Waals surface area contributed by atoms with E-state index in [-0.39, 0.29) is 11.9 Å². The molecule has 1 aliphatic rings. The van der Waals surface area contributed by atoms with Crippen molar-refractivity contribution in [1.29, 1.82) is 0 Å². The van der Waals surface area contributed by atoms with Crippen molar-refractivity contribution in [2.75, 3.05) is 34.5 Å². The van der Waals surface area contributed by atoms with Crippen LogP contribution in [0, 0.1) is 0 Å². The number of hydrogen-bond acceptors (Lipinski definition) is 5. The van der Waals surface area contributed by atoms with Gasteiger partial charge < -0.3 is 24.8 Å². The summed E-state index contributed by atoms with van der Waals surface area (Å²) < 4.78 is 15.7. The van der Waals surface area contributed by atoms with Crippen molar-refractivity contribution in [1.82, 2.24) is 4.90 Å². The Labute approximate surface area is 123 Å². The van der Waals surface area contributed by atoms with E-state index in [2.05, 4.69) is 4.99 Å². The lowest BCUT2D eigenvalue weighted by Gasteiger charge is -2.26. The Morgan fingerprint density at radius 2 is 2.05 bits per heavy atom. The molecule has 1 atom stereocenters. The Morgan fingerprint density at radius 1 is 1.29 bits per heavy atom. The molecular weight excluding hydrogens is 274 g/mol. The maximum atomic E-state index is 12.0. The Balaban J connectivity index is 2.43. The number of amidine groups is 1. The highest BCUT2D eigenvalue weighted by Crippen LogP contribution is 2.38. The van der Waals surface area contributed by atoms with Gasteiger partial charge in [0.2, 0.25) is 0 Å². The van der Waals surface area contributed by atoms with Crippen LogP contribution in [0.3, 0.4) is 0 Å². The number of amides is 2. The molecule has 0 saturated carbocycles. The van der Waals surface area contributed by atoms with E-state index in [0.29, 0.717) is 24.7 Å². The lowest BCUT2D eigenvalue weighted by Crippen LogP contribution is -2.35. The average molecular weight is 293 g/mol. The van der Waals surface area contributed by atoms with Gasteiger partial charge in [-0.2, -0.15) is 4.99 Å². The van der Waals surface area contributed by atoms with Crippen LogP contribution in [0.5, 0.6) is 11.5 Å². The van der Waals surface area contributed by atoms with Crippen LogP contribution in [0.1, 0.15) is 11.6 Å². The zero-order valence-electron chi connectivity index (χ0n) is 12.3. The second kappa shape index (κ2) is 6.45. The highest BCUT2D eigenvalue weighted by atomic mass is 16.5. The van der Waals surface area contributed by atoms with Crippen molar-refractivity contribution >= 4 is 11.9 Å². The fourth-order valence-electron chi connectivity index (χ4n) is 2.37. The summed E-state index contributed by atoms with van der Waals surface area (Å²) >= 11 is 0. The number of para-hydroxylation sites is 1. The third-order valence-corrected chi connectivity index (χ3v) is 3.33. The Morgan fingerprint density at radius 3 is 2.67 bits per heavy atom. The van der Waals surface area contributed by atoms with Crippen molar-refractivity contribution in [3.8, 4) is 11.5 Å². The minimum absolute atomic E-state index is 0.239. The van der Waals surface area contributed by atoms with Crippen LogP contribution in [0.25, 0.3) is 0 Å². The summed E-state index contributed by atoms with van der Waals surface area (Å²) in [4.78, 5) is 17.4. The predicted octanol–water partition coefficient (Wildman–Crippen LogP) is 1.18. The molecule has 2 N–H and O–H groups in total. The fourth-order valence-corrected chi connectivity index (χ4v) is 2.37. The molecule has 7 heteroatoms. The smallest absolute Gasteiger partial charge is 0.346 e. The number of nitrogens with two attached hydrogens (primary N) is 1. The van der Waals surface area contributed by atoms with Gasteiger partial charge >= 0.3 is 6.03 Å². The third kappa shape index (κ3) is 2.78. The SMILES string of the molecule is COCCN1C(=O)N=C(N)C1c1cccc(OC)c1OC. The molecule has 1 aromatic rings. The number of benzene rings is 1. The second-order valence-corrected chi connectivity index (χ2v) is 4.49. The molecule has 1 heterocycles. The van der Waals surface area contributed by atoms with E-state index >= 15 is 0 Å². The first kappa shape index (κ1) is 15.1. The topological polar surface area (TPSA) is 86.4 Å². The molecule has 0 radical (unpaired) electrons. The number of methoxy groups -OCH3 is 3. The molecule has 0 fully saturated rings. The van der Waals surface area contributed by atoms with Gasteiger partial charge in [0.15, 0.2) is 11.5 Å². The Kier molecular flexibility index (Phi) is 4.64. The van der Waals surface area contributed by atoms with Gasteiger partial charge in [0.1, 0.15) is 11.9 Å². The van der Waals surface area contributed by atoms with E-state index in [1.54, 1.807) is 32.3 Å². The van der Waals surface area contributed by atoms with Crippen LogP contribution in [-0.2, 0) is 4.74 Å². The maximum Gasteiger partial charge on any atom is 0.346 e. The highest BCUT2D eigenvalue weighted by Gasteiger charge is 2.36. The average Bonchev–Trinajstić information content (AvgIpc) is 2.77. The predicted molar refractivity (Wildman–Crippen MR) is 77.9 cm³/mol. The Bertz CT molecular complexity index is 559. The molecule has 0 saturated heterocycles. The number of carbonyl (C=O) groups is 1. The molecule has 21 heavy (non-hydrogen) atoms. The van der Waals surface area contributed by atoms with Crippen molar-refractivity contribution in [3.63, 3.8) is 0 Å². The van der Waals surface area contributed by atoms with Gasteiger partial charge in [-0.05, 0) is 6.07 Å². The highest BCUT2D eigenvalue weighted by molar-refractivity contribution is 6.03. The zero-order chi connectivity index (χ0) is 15.4. The first-order valence-corrected chi connectivity index (χ1v) is 6.48. The quantitative estimate of drug-likeness (QED) is 0.851. The van der Waals surface area contributed by atoms with E-state index in [1.165, 1.54) is 0 Å². The summed E-state index contributed by atoms with van der Waals surface area (Å²) in [6, 6.07) is 4.59. The van der Waals surface area contributed by atoms with Crippen LogP contribution >= 0.6 is 0 Å². The van der Waals surface area contributed by atoms with Gasteiger partial charge in [0.05, 0.1) is 20.8 Å². The summed E-state index contributed by atoms with van der Waals surface area (Å²) in [6.07, 6.45) is 0. The van der Waals surface area contributed by atoms with Crippen LogP contribution in [0.2, 0.25) is 0 Å². The lowest BCUT2D eigenvalue weighted by molar-refractivity contribution is 0.150. The summed E-state index contributed by atoms with van der Waals surface area (Å²) in [5.74, 6) is 1.36. The number of hydrogen-bond donors (Lipinski definition) is 1. The van der Waals surface area contributed by atoms with Crippen LogP contribution in [-0.4, -0.2) is 51.2 Å². The minimum atomic E-state index is -0.474. The maximum absolute atomic E-state index is 12.0. The minimum Gasteiger partial charge on any atom is -0.493 e. The largest absolute Gasteiger partial charge is 0.493 e. The molecule has 2 rings (SSSR count). The molecular formula is C14H19N3O4. The van der Waals surface area contributed by atoms with Gasteiger partial charge in [-0.1, -0.05) is 12.1 Å². The summed E-state index contributed by atoms with van der Waals surface area (Å²) in [5.41, 5.74) is 6.67. The van der Waals surface area contributed by atoms with Gasteiger partial charge in [0, 0.05) is 19.2 Å². The first-order valence-electron chi connectivity index (χ1n) is 6.48. The van der Waals surface area contributed by atoms with Crippen LogP contribution in [0.4, 0.5) is 4.79 Å². The van der Waals surface area contributed by atoms with Crippen molar-refractivity contribution in [2.45, 2.75) is 6.04 Å². The molecule has 2 amide bonds. The molecule has 114 valence electrons. The van der Waals surface area contributed by atoms with Gasteiger partial charge in [-0.25, -0.2) is 4.79 Å². The summed E-state index contributed by atoms with van der Waals surface area (Å²) in [6.45, 7) is 0.794. The number of rotatable bonds is 6. The molecule has 1 unspecified atom stereocenters. The molecule has 0 aliphatic carbocycles. The molecule has 0 bridgehead atoms. The van der Waals surface area contributed by atoms with Crippen molar-refractivity contribution in [2.24, 2.45) is 10.7 Å². The van der Waals surface area contributed by atoms with E-state index in [0.717, 1.165) is 5.56 Å². The first-order chi connectivity index (χ1) is 10.1. The number of aliphatic imine (C=N–C) groups is 1. The lowest BCUT2D eigenvalue weighted by atomic mass is 10.0. The van der Waals surface area contributed by atoms with Gasteiger partial charge in [0.25, 0.3) is 0 Å². The van der Waals surface area contributed by atoms with Crippen LogP contribution in [0.15, 0.2) is 23.2 Å². The molecule has 1 aromatic carbocycles. The number of carbonyl (C=O) groups excluding carboxylic acids is 1. The zero-order valence-corrected chi connectivity index (χ0v) is 12.3. The summed E-state index contributed by atoms with van der Waals surface area (Å²) in [5, 5.41) is 0. The number of nitrogens with zero attached hydrogens (tertiary/aromatic N) is 2. The fraction of sp³-hybridized carbons (Fsp3) is 0.429. The number of urea groups is 1. The van der Waals surface area contributed by atoms with Gasteiger partial charge in [-0.15, -0.1) is 0 Å². The number of ether oxygens (including phenoxy) is 3. The molecule has 7 nitrogen and oxygen atoms in total. The second-order valence-electron chi connectivity index (χ2n) is 4.49. The van der Waals surface area contributed by atoms with E-state index in [9.17, 15) is 4.79 Å². The van der Waals surface area contributed by atoms with Crippen molar-refractivity contribution in [3.05, 3.63) is 23.8 Å². The van der Waals surface area contributed by atoms with Crippen molar-refractivity contribution < 1.29 is 19.0 Å².